The Morgan fingerprint density at radius 3 is 2.61 bits per heavy atom. The van der Waals surface area contributed by atoms with Crippen LogP contribution in [0.1, 0.15) is 74.6 Å². The molecule has 0 spiro atoms. The monoisotopic (exact) mass is 415 g/mol. The van der Waals surface area contributed by atoms with Crippen LogP contribution in [0.15, 0.2) is 66.9 Å². The second-order valence-corrected chi connectivity index (χ2v) is 9.96. The van der Waals surface area contributed by atoms with Crippen molar-refractivity contribution in [3.05, 3.63) is 89.1 Å². The van der Waals surface area contributed by atoms with Gasteiger partial charge in [0.25, 0.3) is 0 Å². The third kappa shape index (κ3) is 6.43. The molecular formula is C29H37NO. The second-order valence-electron chi connectivity index (χ2n) is 9.96. The maximum atomic E-state index is 11.3. The number of piperidine rings is 1. The van der Waals surface area contributed by atoms with Crippen molar-refractivity contribution in [2.24, 2.45) is 5.41 Å². The Hall–Kier alpha value is -2.61. The first kappa shape index (κ1) is 23.1. The van der Waals surface area contributed by atoms with E-state index >= 15 is 0 Å². The van der Waals surface area contributed by atoms with E-state index in [1.54, 1.807) is 0 Å². The number of rotatable bonds is 8. The standard InChI is InChI=1S/C29H37NO/c1-22(2)26-15-13-24(14-16-26)12-11-23(3)30-17-7-10-28(20-30)27-9-6-8-25(18-27)19-29(4,5)21-31/h6,8-9,11-16,18,21-22,28H,3,7,10,17,19-20H2,1-2,4-5H3/b12-11+. The molecule has 0 aliphatic carbocycles. The van der Waals surface area contributed by atoms with E-state index in [1.165, 1.54) is 35.1 Å². The predicted octanol–water partition coefficient (Wildman–Crippen LogP) is 6.98. The minimum absolute atomic E-state index is 0.316. The lowest BCUT2D eigenvalue weighted by atomic mass is 9.84. The summed E-state index contributed by atoms with van der Waals surface area (Å²) in [5.41, 5.74) is 5.97. The van der Waals surface area contributed by atoms with Gasteiger partial charge in [0.15, 0.2) is 0 Å². The van der Waals surface area contributed by atoms with Crippen molar-refractivity contribution in [1.29, 1.82) is 0 Å². The van der Waals surface area contributed by atoms with E-state index < -0.39 is 0 Å². The molecular weight excluding hydrogens is 378 g/mol. The van der Waals surface area contributed by atoms with Crippen LogP contribution in [0.4, 0.5) is 0 Å². The fourth-order valence-corrected chi connectivity index (χ4v) is 4.32. The number of carbonyl (C=O) groups excluding carboxylic acids is 1. The van der Waals surface area contributed by atoms with Gasteiger partial charge in [0.05, 0.1) is 0 Å². The van der Waals surface area contributed by atoms with Gasteiger partial charge in [-0.3, -0.25) is 0 Å². The Morgan fingerprint density at radius 2 is 1.94 bits per heavy atom. The third-order valence-corrected chi connectivity index (χ3v) is 6.30. The number of benzene rings is 2. The zero-order chi connectivity index (χ0) is 22.4. The summed E-state index contributed by atoms with van der Waals surface area (Å²) in [5, 5.41) is 0. The molecule has 2 aromatic rings. The van der Waals surface area contributed by atoms with Gasteiger partial charge in [0.1, 0.15) is 6.29 Å². The average Bonchev–Trinajstić information content (AvgIpc) is 2.77. The molecule has 3 rings (SSSR count). The summed E-state index contributed by atoms with van der Waals surface area (Å²) in [5.74, 6) is 1.06. The summed E-state index contributed by atoms with van der Waals surface area (Å²) in [6.45, 7) is 14.8. The zero-order valence-electron chi connectivity index (χ0n) is 19.6. The van der Waals surface area contributed by atoms with Crippen LogP contribution in [-0.4, -0.2) is 24.3 Å². The molecule has 1 heterocycles. The molecule has 0 radical (unpaired) electrons. The number of hydrogen-bond donors (Lipinski definition) is 0. The number of carbonyl (C=O) groups is 1. The number of aldehydes is 1. The van der Waals surface area contributed by atoms with Crippen molar-refractivity contribution in [3.63, 3.8) is 0 Å². The van der Waals surface area contributed by atoms with Gasteiger partial charge in [-0.1, -0.05) is 88.9 Å². The van der Waals surface area contributed by atoms with Crippen molar-refractivity contribution >= 4 is 12.4 Å². The summed E-state index contributed by atoms with van der Waals surface area (Å²) in [7, 11) is 0. The molecule has 164 valence electrons. The molecule has 0 N–H and O–H groups in total. The van der Waals surface area contributed by atoms with Crippen LogP contribution in [-0.2, 0) is 11.2 Å². The Bertz CT molecular complexity index is 920. The maximum absolute atomic E-state index is 11.3. The summed E-state index contributed by atoms with van der Waals surface area (Å²) in [6.07, 6.45) is 8.53. The van der Waals surface area contributed by atoms with Crippen molar-refractivity contribution in [2.75, 3.05) is 13.1 Å². The zero-order valence-corrected chi connectivity index (χ0v) is 19.6. The first-order valence-corrected chi connectivity index (χ1v) is 11.5. The van der Waals surface area contributed by atoms with Crippen molar-refractivity contribution in [2.45, 2.75) is 58.8 Å². The van der Waals surface area contributed by atoms with Crippen LogP contribution in [0.5, 0.6) is 0 Å². The van der Waals surface area contributed by atoms with Crippen molar-refractivity contribution in [3.8, 4) is 0 Å². The average molecular weight is 416 g/mol. The molecule has 0 aromatic heterocycles. The van der Waals surface area contributed by atoms with Gasteiger partial charge in [-0.25, -0.2) is 0 Å². The minimum atomic E-state index is -0.316. The van der Waals surface area contributed by atoms with Crippen LogP contribution in [0.2, 0.25) is 0 Å². The highest BCUT2D eigenvalue weighted by molar-refractivity contribution is 5.58. The Balaban J connectivity index is 1.64. The molecule has 1 aliphatic rings. The molecule has 0 amide bonds. The van der Waals surface area contributed by atoms with Crippen LogP contribution in [0, 0.1) is 5.41 Å². The summed E-state index contributed by atoms with van der Waals surface area (Å²) in [4.78, 5) is 13.7. The molecule has 1 atom stereocenters. The van der Waals surface area contributed by atoms with Gasteiger partial charge in [-0.2, -0.15) is 0 Å². The molecule has 1 saturated heterocycles. The lowest BCUT2D eigenvalue weighted by Crippen LogP contribution is -2.33. The number of likely N-dealkylation sites (tertiary alicyclic amines) is 1. The normalized spacial score (nSPS) is 17.3. The Labute approximate surface area is 188 Å². The van der Waals surface area contributed by atoms with Crippen LogP contribution in [0.25, 0.3) is 6.08 Å². The lowest BCUT2D eigenvalue weighted by Gasteiger charge is -2.35. The number of allylic oxidation sites excluding steroid dienone is 1. The summed E-state index contributed by atoms with van der Waals surface area (Å²) in [6, 6.07) is 17.6. The topological polar surface area (TPSA) is 20.3 Å². The van der Waals surface area contributed by atoms with E-state index in [2.05, 4.69) is 86.0 Å². The van der Waals surface area contributed by atoms with Gasteiger partial charge in [-0.05, 0) is 53.5 Å². The van der Waals surface area contributed by atoms with E-state index in [0.717, 1.165) is 31.5 Å². The van der Waals surface area contributed by atoms with Crippen LogP contribution in [0.3, 0.4) is 0 Å². The second kappa shape index (κ2) is 10.1. The molecule has 0 saturated carbocycles. The first-order valence-electron chi connectivity index (χ1n) is 11.5. The first-order chi connectivity index (χ1) is 14.8. The Kier molecular flexibility index (Phi) is 7.54. The molecule has 2 heteroatoms. The van der Waals surface area contributed by atoms with E-state index in [-0.39, 0.29) is 5.41 Å². The highest BCUT2D eigenvalue weighted by Gasteiger charge is 2.23. The SMILES string of the molecule is C=C(/C=C/c1ccc(C(C)C)cc1)N1CCCC(c2cccc(CC(C)(C)C=O)c2)C1. The molecule has 1 fully saturated rings. The highest BCUT2D eigenvalue weighted by atomic mass is 16.1. The molecule has 2 nitrogen and oxygen atoms in total. The van der Waals surface area contributed by atoms with Gasteiger partial charge < -0.3 is 9.69 Å². The van der Waals surface area contributed by atoms with Gasteiger partial charge in [-0.15, -0.1) is 0 Å². The quantitative estimate of drug-likeness (QED) is 0.342. The van der Waals surface area contributed by atoms with Gasteiger partial charge >= 0.3 is 0 Å². The van der Waals surface area contributed by atoms with Crippen molar-refractivity contribution in [1.82, 2.24) is 4.90 Å². The van der Waals surface area contributed by atoms with E-state index in [1.807, 2.05) is 13.8 Å². The van der Waals surface area contributed by atoms with E-state index in [0.29, 0.717) is 11.8 Å². The van der Waals surface area contributed by atoms with Crippen LogP contribution >= 0.6 is 0 Å². The Morgan fingerprint density at radius 1 is 1.19 bits per heavy atom. The molecule has 2 aromatic carbocycles. The fourth-order valence-electron chi connectivity index (χ4n) is 4.32. The predicted molar refractivity (Wildman–Crippen MR) is 132 cm³/mol. The fraction of sp³-hybridized carbons (Fsp3) is 0.414. The van der Waals surface area contributed by atoms with E-state index in [4.69, 9.17) is 0 Å². The number of nitrogens with zero attached hydrogens (tertiary/aromatic N) is 1. The molecule has 0 bridgehead atoms. The van der Waals surface area contributed by atoms with E-state index in [9.17, 15) is 4.79 Å². The highest BCUT2D eigenvalue weighted by Crippen LogP contribution is 2.30. The molecule has 31 heavy (non-hydrogen) atoms. The molecule has 1 unspecified atom stereocenters. The maximum Gasteiger partial charge on any atom is 0.125 e. The summed E-state index contributed by atoms with van der Waals surface area (Å²) >= 11 is 0. The largest absolute Gasteiger partial charge is 0.371 e. The van der Waals surface area contributed by atoms with Gasteiger partial charge in [0.2, 0.25) is 0 Å². The smallest absolute Gasteiger partial charge is 0.125 e. The third-order valence-electron chi connectivity index (χ3n) is 6.30. The van der Waals surface area contributed by atoms with Gasteiger partial charge in [0, 0.05) is 30.1 Å². The summed E-state index contributed by atoms with van der Waals surface area (Å²) < 4.78 is 0. The number of hydrogen-bond acceptors (Lipinski definition) is 2. The minimum Gasteiger partial charge on any atom is -0.371 e. The molecule has 1 aliphatic heterocycles. The van der Waals surface area contributed by atoms with Crippen molar-refractivity contribution < 1.29 is 4.79 Å². The lowest BCUT2D eigenvalue weighted by molar-refractivity contribution is -0.114. The van der Waals surface area contributed by atoms with Crippen LogP contribution < -0.4 is 0 Å².